The van der Waals surface area contributed by atoms with Crippen LogP contribution in [0.5, 0.6) is 0 Å². The molecule has 4 rings (SSSR count). The highest BCUT2D eigenvalue weighted by Gasteiger charge is 2.15. The summed E-state index contributed by atoms with van der Waals surface area (Å²) >= 11 is 0. The molecule has 1 fully saturated rings. The van der Waals surface area contributed by atoms with Crippen LogP contribution < -0.4 is 10.6 Å². The summed E-state index contributed by atoms with van der Waals surface area (Å²) in [6.45, 7) is 0.771. The summed E-state index contributed by atoms with van der Waals surface area (Å²) in [6.07, 6.45) is 12.5. The second-order valence-electron chi connectivity index (χ2n) is 7.18. The van der Waals surface area contributed by atoms with Crippen molar-refractivity contribution in [2.45, 2.75) is 44.6 Å². The zero-order chi connectivity index (χ0) is 19.0. The van der Waals surface area contributed by atoms with Crippen LogP contribution >= 0.6 is 0 Å². The van der Waals surface area contributed by atoms with Crippen LogP contribution in [0.25, 0.3) is 11.3 Å². The van der Waals surface area contributed by atoms with Gasteiger partial charge in [-0.3, -0.25) is 9.97 Å². The monoisotopic (exact) mass is 374 g/mol. The number of pyridine rings is 2. The fourth-order valence-corrected chi connectivity index (χ4v) is 3.57. The predicted molar refractivity (Wildman–Crippen MR) is 112 cm³/mol. The fourth-order valence-electron chi connectivity index (χ4n) is 3.57. The van der Waals surface area contributed by atoms with Crippen LogP contribution in [0.4, 0.5) is 11.8 Å². The van der Waals surface area contributed by atoms with Gasteiger partial charge in [0.2, 0.25) is 5.95 Å². The zero-order valence-electron chi connectivity index (χ0n) is 16.0. The van der Waals surface area contributed by atoms with E-state index in [2.05, 4.69) is 20.6 Å². The van der Waals surface area contributed by atoms with Crippen molar-refractivity contribution in [3.05, 3.63) is 60.7 Å². The molecular formula is C22H26N6. The average molecular weight is 374 g/mol. The van der Waals surface area contributed by atoms with Crippen LogP contribution in [0.15, 0.2) is 55.0 Å². The van der Waals surface area contributed by atoms with Gasteiger partial charge in [0.25, 0.3) is 0 Å². The largest absolute Gasteiger partial charge is 0.369 e. The Morgan fingerprint density at radius 2 is 1.79 bits per heavy atom. The van der Waals surface area contributed by atoms with Gasteiger partial charge in [0.15, 0.2) is 0 Å². The second-order valence-corrected chi connectivity index (χ2v) is 7.18. The van der Waals surface area contributed by atoms with E-state index in [0.29, 0.717) is 12.0 Å². The Hall–Kier alpha value is -3.02. The quantitative estimate of drug-likeness (QED) is 0.641. The van der Waals surface area contributed by atoms with Gasteiger partial charge in [0.05, 0.1) is 5.69 Å². The molecule has 1 aliphatic carbocycles. The second kappa shape index (κ2) is 9.26. The maximum Gasteiger partial charge on any atom is 0.225 e. The summed E-state index contributed by atoms with van der Waals surface area (Å²) in [5, 5.41) is 6.98. The van der Waals surface area contributed by atoms with Crippen LogP contribution in [0.3, 0.4) is 0 Å². The van der Waals surface area contributed by atoms with Gasteiger partial charge >= 0.3 is 0 Å². The normalized spacial score (nSPS) is 14.6. The molecule has 0 aromatic carbocycles. The van der Waals surface area contributed by atoms with Gasteiger partial charge in [0.1, 0.15) is 5.82 Å². The minimum Gasteiger partial charge on any atom is -0.369 e. The Morgan fingerprint density at radius 1 is 0.929 bits per heavy atom. The predicted octanol–water partition coefficient (Wildman–Crippen LogP) is 4.33. The summed E-state index contributed by atoms with van der Waals surface area (Å²) in [5.41, 5.74) is 3.01. The third-order valence-corrected chi connectivity index (χ3v) is 5.05. The van der Waals surface area contributed by atoms with Gasteiger partial charge in [-0.25, -0.2) is 4.98 Å². The third-order valence-electron chi connectivity index (χ3n) is 5.05. The lowest BCUT2D eigenvalue weighted by molar-refractivity contribution is 0.461. The van der Waals surface area contributed by atoms with Crippen molar-refractivity contribution in [2.75, 3.05) is 17.2 Å². The molecule has 144 valence electrons. The molecule has 0 spiro atoms. The van der Waals surface area contributed by atoms with E-state index in [9.17, 15) is 0 Å². The molecule has 3 aromatic rings. The molecule has 0 bridgehead atoms. The van der Waals surface area contributed by atoms with Gasteiger partial charge < -0.3 is 10.6 Å². The molecule has 1 saturated carbocycles. The SMILES string of the molecule is c1ccc(CCNc2cc(-c3ccncc3)nc(NC3CCCCC3)n2)nc1. The van der Waals surface area contributed by atoms with Crippen molar-refractivity contribution in [3.63, 3.8) is 0 Å². The molecule has 0 radical (unpaired) electrons. The molecule has 2 N–H and O–H groups in total. The summed E-state index contributed by atoms with van der Waals surface area (Å²) in [7, 11) is 0. The molecule has 3 aromatic heterocycles. The molecule has 0 saturated heterocycles. The third kappa shape index (κ3) is 5.03. The van der Waals surface area contributed by atoms with E-state index in [1.54, 1.807) is 12.4 Å². The van der Waals surface area contributed by atoms with Crippen molar-refractivity contribution < 1.29 is 0 Å². The first-order chi connectivity index (χ1) is 13.9. The van der Waals surface area contributed by atoms with Gasteiger partial charge in [-0.05, 0) is 37.1 Å². The standard InChI is InChI=1S/C22H26N6/c1-2-7-19(8-3-1)26-22-27-20(17-9-13-23-14-10-17)16-21(28-22)25-15-11-18-6-4-5-12-24-18/h4-6,9-10,12-14,16,19H,1-3,7-8,11,15H2,(H2,25,26,27,28). The topological polar surface area (TPSA) is 75.6 Å². The number of rotatable bonds is 7. The first kappa shape index (κ1) is 18.3. The molecule has 0 atom stereocenters. The molecular weight excluding hydrogens is 348 g/mol. The minimum atomic E-state index is 0.461. The molecule has 0 unspecified atom stereocenters. The Kier molecular flexibility index (Phi) is 6.07. The molecule has 3 heterocycles. The first-order valence-electron chi connectivity index (χ1n) is 10.1. The van der Waals surface area contributed by atoms with Crippen molar-refractivity contribution in [3.8, 4) is 11.3 Å². The first-order valence-corrected chi connectivity index (χ1v) is 10.1. The van der Waals surface area contributed by atoms with Crippen molar-refractivity contribution >= 4 is 11.8 Å². The van der Waals surface area contributed by atoms with Crippen molar-refractivity contribution in [1.82, 2.24) is 19.9 Å². The number of hydrogen-bond acceptors (Lipinski definition) is 6. The fraction of sp³-hybridized carbons (Fsp3) is 0.364. The molecule has 28 heavy (non-hydrogen) atoms. The summed E-state index contributed by atoms with van der Waals surface area (Å²) in [4.78, 5) is 18.0. The lowest BCUT2D eigenvalue weighted by atomic mass is 9.96. The molecule has 0 aliphatic heterocycles. The lowest BCUT2D eigenvalue weighted by Gasteiger charge is -2.23. The van der Waals surface area contributed by atoms with E-state index in [0.717, 1.165) is 35.7 Å². The molecule has 6 nitrogen and oxygen atoms in total. The summed E-state index contributed by atoms with van der Waals surface area (Å²) in [5.74, 6) is 1.53. The Morgan fingerprint density at radius 3 is 2.57 bits per heavy atom. The number of nitrogens with zero attached hydrogens (tertiary/aromatic N) is 4. The zero-order valence-corrected chi connectivity index (χ0v) is 16.0. The van der Waals surface area contributed by atoms with Gasteiger partial charge in [-0.2, -0.15) is 4.98 Å². The minimum absolute atomic E-state index is 0.461. The van der Waals surface area contributed by atoms with Crippen LogP contribution in [-0.2, 0) is 6.42 Å². The Labute approximate surface area is 165 Å². The highest BCUT2D eigenvalue weighted by Crippen LogP contribution is 2.24. The van der Waals surface area contributed by atoms with E-state index >= 15 is 0 Å². The maximum atomic E-state index is 4.76. The van der Waals surface area contributed by atoms with Crippen LogP contribution in [-0.4, -0.2) is 32.5 Å². The van der Waals surface area contributed by atoms with E-state index < -0.39 is 0 Å². The van der Waals surface area contributed by atoms with Gasteiger partial charge in [-0.15, -0.1) is 0 Å². The average Bonchev–Trinajstić information content (AvgIpc) is 2.76. The Balaban J connectivity index is 1.51. The van der Waals surface area contributed by atoms with Crippen molar-refractivity contribution in [1.29, 1.82) is 0 Å². The number of hydrogen-bond donors (Lipinski definition) is 2. The van der Waals surface area contributed by atoms with Crippen LogP contribution in [0.1, 0.15) is 37.8 Å². The number of aromatic nitrogens is 4. The Bertz CT molecular complexity index is 863. The van der Waals surface area contributed by atoms with E-state index in [-0.39, 0.29) is 0 Å². The lowest BCUT2D eigenvalue weighted by Crippen LogP contribution is -2.24. The van der Waals surface area contributed by atoms with Crippen LogP contribution in [0.2, 0.25) is 0 Å². The smallest absolute Gasteiger partial charge is 0.225 e. The molecule has 0 amide bonds. The molecule has 1 aliphatic rings. The van der Waals surface area contributed by atoms with Crippen molar-refractivity contribution in [2.24, 2.45) is 0 Å². The highest BCUT2D eigenvalue weighted by molar-refractivity contribution is 5.64. The summed E-state index contributed by atoms with van der Waals surface area (Å²) in [6, 6.07) is 12.4. The van der Waals surface area contributed by atoms with Gasteiger partial charge in [0, 0.05) is 54.9 Å². The van der Waals surface area contributed by atoms with E-state index in [4.69, 9.17) is 9.97 Å². The van der Waals surface area contributed by atoms with E-state index in [1.807, 2.05) is 42.6 Å². The van der Waals surface area contributed by atoms with Crippen LogP contribution in [0, 0.1) is 0 Å². The maximum absolute atomic E-state index is 4.76. The molecule has 6 heteroatoms. The number of nitrogens with one attached hydrogen (secondary N) is 2. The number of anilines is 2. The highest BCUT2D eigenvalue weighted by atomic mass is 15.2. The van der Waals surface area contributed by atoms with Gasteiger partial charge in [-0.1, -0.05) is 25.3 Å². The summed E-state index contributed by atoms with van der Waals surface area (Å²) < 4.78 is 0. The van der Waals surface area contributed by atoms with E-state index in [1.165, 1.54) is 32.1 Å².